The summed E-state index contributed by atoms with van der Waals surface area (Å²) in [4.78, 5) is 17.2. The molecular formula is C19H15NO. The highest BCUT2D eigenvalue weighted by Crippen LogP contribution is 2.27. The lowest BCUT2D eigenvalue weighted by Crippen LogP contribution is -2.05. The van der Waals surface area contributed by atoms with Crippen molar-refractivity contribution in [3.63, 3.8) is 0 Å². The summed E-state index contributed by atoms with van der Waals surface area (Å²) >= 11 is 0. The fourth-order valence-electron chi connectivity index (χ4n) is 2.45. The smallest absolute Gasteiger partial charge is 0.193 e. The molecule has 3 rings (SSSR count). The third kappa shape index (κ3) is 2.61. The third-order valence-corrected chi connectivity index (χ3v) is 3.47. The second-order valence-corrected chi connectivity index (χ2v) is 4.91. The van der Waals surface area contributed by atoms with Crippen LogP contribution in [0.4, 0.5) is 0 Å². The van der Waals surface area contributed by atoms with Crippen molar-refractivity contribution in [2.75, 3.05) is 0 Å². The molecule has 2 aromatic carbocycles. The lowest BCUT2D eigenvalue weighted by Gasteiger charge is -2.11. The molecule has 0 unspecified atom stereocenters. The average Bonchev–Trinajstić information content (AvgIpc) is 2.55. The van der Waals surface area contributed by atoms with Crippen molar-refractivity contribution in [1.29, 1.82) is 0 Å². The van der Waals surface area contributed by atoms with Crippen LogP contribution in [-0.2, 0) is 0 Å². The van der Waals surface area contributed by atoms with Crippen molar-refractivity contribution in [2.24, 2.45) is 0 Å². The first-order chi connectivity index (χ1) is 10.3. The fourth-order valence-corrected chi connectivity index (χ4v) is 2.45. The highest BCUT2D eigenvalue weighted by atomic mass is 16.1. The van der Waals surface area contributed by atoms with E-state index in [1.165, 1.54) is 0 Å². The number of aromatic nitrogens is 1. The molecule has 1 heterocycles. The van der Waals surface area contributed by atoms with Crippen molar-refractivity contribution in [3.05, 3.63) is 89.6 Å². The standard InChI is InChI=1S/C19H15NO/c1-14-8-7-11-16(18(14)17-12-5-6-13-20-17)19(21)15-9-3-2-4-10-15/h2-13H,1H3. The minimum Gasteiger partial charge on any atom is -0.289 e. The molecule has 2 nitrogen and oxygen atoms in total. The van der Waals surface area contributed by atoms with Crippen LogP contribution in [0.5, 0.6) is 0 Å². The molecule has 102 valence electrons. The van der Waals surface area contributed by atoms with Gasteiger partial charge in [-0.3, -0.25) is 9.78 Å². The third-order valence-electron chi connectivity index (χ3n) is 3.47. The Kier molecular flexibility index (Phi) is 3.61. The Morgan fingerprint density at radius 3 is 2.33 bits per heavy atom. The number of rotatable bonds is 3. The first kappa shape index (κ1) is 13.3. The molecule has 0 saturated carbocycles. The summed E-state index contributed by atoms with van der Waals surface area (Å²) in [5.74, 6) is 0.0277. The number of ketones is 1. The molecule has 21 heavy (non-hydrogen) atoms. The van der Waals surface area contributed by atoms with E-state index in [4.69, 9.17) is 0 Å². The Hall–Kier alpha value is -2.74. The van der Waals surface area contributed by atoms with Crippen LogP contribution in [0.1, 0.15) is 21.5 Å². The molecule has 0 atom stereocenters. The molecule has 0 bridgehead atoms. The molecule has 0 spiro atoms. The number of nitrogens with zero attached hydrogens (tertiary/aromatic N) is 1. The monoisotopic (exact) mass is 273 g/mol. The maximum atomic E-state index is 12.8. The van der Waals surface area contributed by atoms with E-state index in [0.717, 1.165) is 16.8 Å². The van der Waals surface area contributed by atoms with Gasteiger partial charge in [-0.05, 0) is 24.6 Å². The van der Waals surface area contributed by atoms with Crippen LogP contribution in [0, 0.1) is 6.92 Å². The molecule has 3 aromatic rings. The van der Waals surface area contributed by atoms with Crippen molar-refractivity contribution >= 4 is 5.78 Å². The molecule has 1 aromatic heterocycles. The number of aryl methyl sites for hydroxylation is 1. The summed E-state index contributed by atoms with van der Waals surface area (Å²) in [7, 11) is 0. The van der Waals surface area contributed by atoms with Gasteiger partial charge in [-0.2, -0.15) is 0 Å². The SMILES string of the molecule is Cc1cccc(C(=O)c2ccccc2)c1-c1ccccn1. The topological polar surface area (TPSA) is 30.0 Å². The number of hydrogen-bond acceptors (Lipinski definition) is 2. The summed E-state index contributed by atoms with van der Waals surface area (Å²) in [6.45, 7) is 2.01. The van der Waals surface area contributed by atoms with Gasteiger partial charge in [0.15, 0.2) is 5.78 Å². The predicted molar refractivity (Wildman–Crippen MR) is 84.3 cm³/mol. The highest BCUT2D eigenvalue weighted by molar-refractivity contribution is 6.13. The molecule has 0 aliphatic carbocycles. The predicted octanol–water partition coefficient (Wildman–Crippen LogP) is 4.29. The van der Waals surface area contributed by atoms with E-state index in [2.05, 4.69) is 4.98 Å². The largest absolute Gasteiger partial charge is 0.289 e. The lowest BCUT2D eigenvalue weighted by molar-refractivity contribution is 0.103. The van der Waals surface area contributed by atoms with Crippen LogP contribution in [0.15, 0.2) is 72.9 Å². The lowest BCUT2D eigenvalue weighted by atomic mass is 9.93. The van der Waals surface area contributed by atoms with Crippen molar-refractivity contribution in [1.82, 2.24) is 4.98 Å². The van der Waals surface area contributed by atoms with Crippen LogP contribution in [-0.4, -0.2) is 10.8 Å². The number of carbonyl (C=O) groups is 1. The van der Waals surface area contributed by atoms with Crippen LogP contribution < -0.4 is 0 Å². The number of carbonyl (C=O) groups excluding carboxylic acids is 1. The van der Waals surface area contributed by atoms with Gasteiger partial charge in [-0.15, -0.1) is 0 Å². The van der Waals surface area contributed by atoms with E-state index in [1.54, 1.807) is 6.20 Å². The van der Waals surface area contributed by atoms with Gasteiger partial charge < -0.3 is 0 Å². The molecule has 0 radical (unpaired) electrons. The molecule has 0 aliphatic heterocycles. The van der Waals surface area contributed by atoms with E-state index < -0.39 is 0 Å². The minimum atomic E-state index is 0.0277. The number of pyridine rings is 1. The first-order valence-corrected chi connectivity index (χ1v) is 6.88. The molecular weight excluding hydrogens is 258 g/mol. The van der Waals surface area contributed by atoms with Gasteiger partial charge in [0.05, 0.1) is 5.69 Å². The molecule has 0 fully saturated rings. The molecule has 0 amide bonds. The summed E-state index contributed by atoms with van der Waals surface area (Å²) in [5, 5.41) is 0. The normalized spacial score (nSPS) is 10.3. The van der Waals surface area contributed by atoms with Gasteiger partial charge in [-0.25, -0.2) is 0 Å². The molecule has 0 N–H and O–H groups in total. The van der Waals surface area contributed by atoms with E-state index in [9.17, 15) is 4.79 Å². The summed E-state index contributed by atoms with van der Waals surface area (Å²) in [5.41, 5.74) is 4.18. The van der Waals surface area contributed by atoms with Crippen LogP contribution >= 0.6 is 0 Å². The molecule has 0 aliphatic rings. The van der Waals surface area contributed by atoms with E-state index in [-0.39, 0.29) is 5.78 Å². The Labute approximate surface area is 124 Å². The Balaban J connectivity index is 2.16. The van der Waals surface area contributed by atoms with Crippen molar-refractivity contribution in [2.45, 2.75) is 6.92 Å². The molecule has 2 heteroatoms. The zero-order chi connectivity index (χ0) is 14.7. The van der Waals surface area contributed by atoms with Crippen molar-refractivity contribution in [3.8, 4) is 11.3 Å². The summed E-state index contributed by atoms with van der Waals surface area (Å²) in [6, 6.07) is 20.9. The van der Waals surface area contributed by atoms with Crippen molar-refractivity contribution < 1.29 is 4.79 Å². The quantitative estimate of drug-likeness (QED) is 0.666. The number of benzene rings is 2. The highest BCUT2D eigenvalue weighted by Gasteiger charge is 2.16. The zero-order valence-corrected chi connectivity index (χ0v) is 11.8. The van der Waals surface area contributed by atoms with E-state index in [0.29, 0.717) is 11.1 Å². The van der Waals surface area contributed by atoms with Gasteiger partial charge >= 0.3 is 0 Å². The minimum absolute atomic E-state index is 0.0277. The van der Waals surface area contributed by atoms with Gasteiger partial charge in [0.1, 0.15) is 0 Å². The zero-order valence-electron chi connectivity index (χ0n) is 11.8. The average molecular weight is 273 g/mol. The van der Waals surface area contributed by atoms with Gasteiger partial charge in [0, 0.05) is 22.9 Å². The fraction of sp³-hybridized carbons (Fsp3) is 0.0526. The van der Waals surface area contributed by atoms with Gasteiger partial charge in [0.2, 0.25) is 0 Å². The first-order valence-electron chi connectivity index (χ1n) is 6.88. The Morgan fingerprint density at radius 1 is 0.857 bits per heavy atom. The van der Waals surface area contributed by atoms with E-state index in [1.807, 2.05) is 73.7 Å². The molecule has 0 saturated heterocycles. The van der Waals surface area contributed by atoms with Gasteiger partial charge in [-0.1, -0.05) is 54.6 Å². The summed E-state index contributed by atoms with van der Waals surface area (Å²) in [6.07, 6.45) is 1.75. The van der Waals surface area contributed by atoms with E-state index >= 15 is 0 Å². The number of hydrogen-bond donors (Lipinski definition) is 0. The van der Waals surface area contributed by atoms with Gasteiger partial charge in [0.25, 0.3) is 0 Å². The van der Waals surface area contributed by atoms with Crippen LogP contribution in [0.25, 0.3) is 11.3 Å². The maximum Gasteiger partial charge on any atom is 0.193 e. The van der Waals surface area contributed by atoms with Crippen LogP contribution in [0.2, 0.25) is 0 Å². The maximum absolute atomic E-state index is 12.8. The second kappa shape index (κ2) is 5.71. The Bertz CT molecular complexity index is 764. The second-order valence-electron chi connectivity index (χ2n) is 4.91. The summed E-state index contributed by atoms with van der Waals surface area (Å²) < 4.78 is 0. The Morgan fingerprint density at radius 2 is 1.62 bits per heavy atom. The van der Waals surface area contributed by atoms with Crippen LogP contribution in [0.3, 0.4) is 0 Å².